The summed E-state index contributed by atoms with van der Waals surface area (Å²) < 4.78 is 10.5. The maximum absolute atomic E-state index is 13.1. The number of ether oxygens (including phenoxy) is 2. The number of fused-ring (bicyclic) bond motifs is 5. The van der Waals surface area contributed by atoms with Crippen molar-refractivity contribution in [2.75, 3.05) is 23.4 Å². The molecule has 2 fully saturated rings. The van der Waals surface area contributed by atoms with Crippen LogP contribution < -0.4 is 15.0 Å². The average molecular weight is 475 g/mol. The Kier molecular flexibility index (Phi) is 5.88. The zero-order valence-electron chi connectivity index (χ0n) is 19.5. The predicted octanol–water partition coefficient (Wildman–Crippen LogP) is 3.58. The number of carbonyl (C=O) groups is 4. The lowest BCUT2D eigenvalue weighted by Gasteiger charge is -2.19. The number of amides is 3. The van der Waals surface area contributed by atoms with Crippen LogP contribution in [0.1, 0.15) is 30.6 Å². The van der Waals surface area contributed by atoms with Gasteiger partial charge in [0.1, 0.15) is 5.75 Å². The van der Waals surface area contributed by atoms with E-state index >= 15 is 0 Å². The number of nitrogens with one attached hydrogen (secondary N) is 1. The number of anilines is 2. The molecule has 1 N–H and O–H groups in total. The summed E-state index contributed by atoms with van der Waals surface area (Å²) in [6.45, 7) is 4.01. The molecule has 1 aliphatic heterocycles. The molecule has 0 spiro atoms. The number of hydrogen-bond donors (Lipinski definition) is 1. The molecule has 35 heavy (non-hydrogen) atoms. The summed E-state index contributed by atoms with van der Waals surface area (Å²) in [6.07, 6.45) is 3.01. The van der Waals surface area contributed by atoms with Crippen molar-refractivity contribution in [2.45, 2.75) is 20.3 Å². The van der Waals surface area contributed by atoms with Gasteiger partial charge in [0.05, 0.1) is 29.7 Å². The van der Waals surface area contributed by atoms with Crippen molar-refractivity contribution >= 4 is 35.1 Å². The fourth-order valence-corrected chi connectivity index (χ4v) is 5.49. The fraction of sp³-hybridized carbons (Fsp3) is 0.333. The second-order valence-corrected chi connectivity index (χ2v) is 9.11. The first kappa shape index (κ1) is 22.8. The van der Waals surface area contributed by atoms with E-state index in [1.807, 2.05) is 13.8 Å². The molecule has 5 rings (SSSR count). The summed E-state index contributed by atoms with van der Waals surface area (Å²) in [5, 5.41) is 2.65. The summed E-state index contributed by atoms with van der Waals surface area (Å²) in [6, 6.07) is 13.0. The molecule has 0 aromatic heterocycles. The second-order valence-electron chi connectivity index (χ2n) is 9.11. The number of esters is 1. The molecule has 3 amide bonds. The number of benzene rings is 2. The normalized spacial score (nSPS) is 24.3. The number of hydrogen-bond acceptors (Lipinski definition) is 6. The van der Waals surface area contributed by atoms with Crippen LogP contribution in [-0.2, 0) is 19.1 Å². The molecular weight excluding hydrogens is 448 g/mol. The topological polar surface area (TPSA) is 102 Å². The van der Waals surface area contributed by atoms with Crippen LogP contribution >= 0.6 is 0 Å². The van der Waals surface area contributed by atoms with E-state index in [9.17, 15) is 19.2 Å². The maximum Gasteiger partial charge on any atom is 0.338 e. The van der Waals surface area contributed by atoms with Gasteiger partial charge in [-0.3, -0.25) is 19.3 Å². The SMILES string of the molecule is CCOc1ccc(NC(=O)COC(=O)c2ccc(N3C(=O)[C@@H]4[C@@H](C3=O)[C@H]3C=C(C)[C@H]4C3)cc2)cc1. The van der Waals surface area contributed by atoms with Crippen LogP contribution in [0.2, 0.25) is 0 Å². The molecular formula is C27H26N2O6. The van der Waals surface area contributed by atoms with E-state index < -0.39 is 18.5 Å². The molecule has 8 heteroatoms. The lowest BCUT2D eigenvalue weighted by Crippen LogP contribution is -2.33. The molecule has 2 bridgehead atoms. The van der Waals surface area contributed by atoms with E-state index in [2.05, 4.69) is 11.4 Å². The van der Waals surface area contributed by atoms with Gasteiger partial charge in [0, 0.05) is 5.69 Å². The zero-order chi connectivity index (χ0) is 24.7. The molecule has 2 aromatic carbocycles. The van der Waals surface area contributed by atoms with Crippen LogP contribution in [0.4, 0.5) is 11.4 Å². The van der Waals surface area contributed by atoms with E-state index in [-0.39, 0.29) is 41.0 Å². The van der Waals surface area contributed by atoms with Gasteiger partial charge in [0.25, 0.3) is 5.91 Å². The van der Waals surface area contributed by atoms with Crippen molar-refractivity contribution in [2.24, 2.45) is 23.7 Å². The fourth-order valence-electron chi connectivity index (χ4n) is 5.49. The minimum atomic E-state index is -0.674. The smallest absolute Gasteiger partial charge is 0.338 e. The highest BCUT2D eigenvalue weighted by Gasteiger charge is 2.60. The minimum absolute atomic E-state index is 0.134. The molecule has 4 atom stereocenters. The highest BCUT2D eigenvalue weighted by atomic mass is 16.5. The number of imide groups is 1. The number of rotatable bonds is 7. The van der Waals surface area contributed by atoms with Gasteiger partial charge in [0.2, 0.25) is 11.8 Å². The molecule has 0 radical (unpaired) electrons. The van der Waals surface area contributed by atoms with Crippen LogP contribution in [0, 0.1) is 23.7 Å². The van der Waals surface area contributed by atoms with Crippen molar-refractivity contribution < 1.29 is 28.7 Å². The van der Waals surface area contributed by atoms with Gasteiger partial charge >= 0.3 is 5.97 Å². The first-order valence-electron chi connectivity index (χ1n) is 11.7. The van der Waals surface area contributed by atoms with Gasteiger partial charge in [-0.25, -0.2) is 4.79 Å². The monoisotopic (exact) mass is 474 g/mol. The Morgan fingerprint density at radius 2 is 1.69 bits per heavy atom. The lowest BCUT2D eigenvalue weighted by molar-refractivity contribution is -0.123. The third-order valence-corrected chi connectivity index (χ3v) is 7.03. The quantitative estimate of drug-likeness (QED) is 0.374. The average Bonchev–Trinajstić information content (AvgIpc) is 3.49. The van der Waals surface area contributed by atoms with Crippen molar-refractivity contribution in [1.82, 2.24) is 0 Å². The van der Waals surface area contributed by atoms with E-state index in [0.717, 1.165) is 6.42 Å². The van der Waals surface area contributed by atoms with Crippen LogP contribution in [0.25, 0.3) is 0 Å². The van der Waals surface area contributed by atoms with Gasteiger partial charge in [-0.15, -0.1) is 0 Å². The lowest BCUT2D eigenvalue weighted by atomic mass is 9.82. The van der Waals surface area contributed by atoms with Crippen molar-refractivity contribution in [3.8, 4) is 5.75 Å². The highest BCUT2D eigenvalue weighted by molar-refractivity contribution is 6.23. The Bertz CT molecular complexity index is 1220. The second kappa shape index (κ2) is 9.02. The van der Waals surface area contributed by atoms with Gasteiger partial charge in [-0.05, 0) is 80.6 Å². The highest BCUT2D eigenvalue weighted by Crippen LogP contribution is 2.55. The summed E-state index contributed by atoms with van der Waals surface area (Å²) >= 11 is 0. The summed E-state index contributed by atoms with van der Waals surface area (Å²) in [5.74, 6) is -1.07. The summed E-state index contributed by atoms with van der Waals surface area (Å²) in [4.78, 5) is 51.9. The van der Waals surface area contributed by atoms with E-state index in [1.54, 1.807) is 36.4 Å². The molecule has 1 saturated carbocycles. The Hall–Kier alpha value is -3.94. The molecule has 3 aliphatic rings. The molecule has 8 nitrogen and oxygen atoms in total. The number of allylic oxidation sites excluding steroid dienone is 2. The zero-order valence-corrected chi connectivity index (χ0v) is 19.5. The molecule has 2 aromatic rings. The van der Waals surface area contributed by atoms with Gasteiger partial charge in [-0.2, -0.15) is 0 Å². The maximum atomic E-state index is 13.1. The standard InChI is InChI=1S/C27H26N2O6/c1-3-34-20-10-6-18(7-11-20)28-22(30)14-35-27(33)16-4-8-19(9-5-16)29-25(31)23-17-12-15(2)21(13-17)24(23)26(29)32/h4-12,17,21,23-24H,3,13-14H2,1-2H3,(H,28,30)/t17-,21+,23-,24-/m0/s1. The van der Waals surface area contributed by atoms with Crippen LogP contribution in [0.15, 0.2) is 60.2 Å². The molecule has 180 valence electrons. The summed E-state index contributed by atoms with van der Waals surface area (Å²) in [5.41, 5.74) is 2.42. The largest absolute Gasteiger partial charge is 0.494 e. The Morgan fingerprint density at radius 3 is 2.37 bits per heavy atom. The van der Waals surface area contributed by atoms with Crippen molar-refractivity contribution in [1.29, 1.82) is 0 Å². The first-order chi connectivity index (χ1) is 16.9. The number of nitrogens with zero attached hydrogens (tertiary/aromatic N) is 1. The molecule has 0 unspecified atom stereocenters. The predicted molar refractivity (Wildman–Crippen MR) is 128 cm³/mol. The summed E-state index contributed by atoms with van der Waals surface area (Å²) in [7, 11) is 0. The molecule has 1 heterocycles. The van der Waals surface area contributed by atoms with Crippen LogP contribution in [-0.4, -0.2) is 36.9 Å². The Balaban J connectivity index is 1.17. The van der Waals surface area contributed by atoms with Crippen molar-refractivity contribution in [3.63, 3.8) is 0 Å². The van der Waals surface area contributed by atoms with E-state index in [4.69, 9.17) is 9.47 Å². The minimum Gasteiger partial charge on any atom is -0.494 e. The third-order valence-electron chi connectivity index (χ3n) is 7.03. The molecule has 2 aliphatic carbocycles. The Morgan fingerprint density at radius 1 is 1.00 bits per heavy atom. The number of carbonyl (C=O) groups excluding carboxylic acids is 4. The van der Waals surface area contributed by atoms with Crippen LogP contribution in [0.5, 0.6) is 5.75 Å². The van der Waals surface area contributed by atoms with E-state index in [1.165, 1.54) is 22.6 Å². The van der Waals surface area contributed by atoms with Crippen LogP contribution in [0.3, 0.4) is 0 Å². The third kappa shape index (κ3) is 4.09. The van der Waals surface area contributed by atoms with Crippen molar-refractivity contribution in [3.05, 3.63) is 65.7 Å². The Labute approximate surface area is 202 Å². The van der Waals surface area contributed by atoms with E-state index in [0.29, 0.717) is 23.7 Å². The molecule has 1 saturated heterocycles. The van der Waals surface area contributed by atoms with Gasteiger partial charge < -0.3 is 14.8 Å². The van der Waals surface area contributed by atoms with Gasteiger partial charge in [0.15, 0.2) is 6.61 Å². The van der Waals surface area contributed by atoms with Gasteiger partial charge in [-0.1, -0.05) is 11.6 Å². The first-order valence-corrected chi connectivity index (χ1v) is 11.7.